The number of likely N-dealkylation sites (tertiary alicyclic amines) is 1. The van der Waals surface area contributed by atoms with E-state index in [0.717, 1.165) is 31.4 Å². The Kier molecular flexibility index (Phi) is 3.74. The fourth-order valence-corrected chi connectivity index (χ4v) is 4.39. The molecule has 1 amide bonds. The largest absolute Gasteiger partial charge is 0.495 e. The molecule has 132 valence electrons. The van der Waals surface area contributed by atoms with Gasteiger partial charge in [0.05, 0.1) is 24.3 Å². The van der Waals surface area contributed by atoms with Gasteiger partial charge in [0.25, 0.3) is 5.91 Å². The van der Waals surface area contributed by atoms with Gasteiger partial charge in [0.15, 0.2) is 5.82 Å². The third kappa shape index (κ3) is 2.41. The summed E-state index contributed by atoms with van der Waals surface area (Å²) < 4.78 is 10.8. The summed E-state index contributed by atoms with van der Waals surface area (Å²) >= 11 is 0. The standard InChI is InChI=1S/C18H22N4O3/c1-11-14(7-19-8-15(11)24-3)16(23)22-9-13-5-4-6-18(13,10-22)17-20-12(2)21-25-17/h7-8,13H,4-6,9-10H2,1-3H3/t13-,18-/m0/s1. The summed E-state index contributed by atoms with van der Waals surface area (Å²) in [5, 5.41) is 3.97. The minimum atomic E-state index is -0.197. The molecule has 0 aromatic carbocycles. The molecule has 1 aliphatic heterocycles. The van der Waals surface area contributed by atoms with E-state index in [1.807, 2.05) is 18.7 Å². The summed E-state index contributed by atoms with van der Waals surface area (Å²) in [6.45, 7) is 5.06. The number of fused-ring (bicyclic) bond motifs is 1. The molecule has 0 N–H and O–H groups in total. The summed E-state index contributed by atoms with van der Waals surface area (Å²) in [6, 6.07) is 0. The number of aryl methyl sites for hydroxylation is 1. The number of rotatable bonds is 3. The molecule has 1 aliphatic carbocycles. The molecule has 2 aromatic heterocycles. The normalized spacial score (nSPS) is 25.2. The molecule has 2 atom stereocenters. The van der Waals surface area contributed by atoms with E-state index in [2.05, 4.69) is 15.1 Å². The Balaban J connectivity index is 1.65. The third-order valence-electron chi connectivity index (χ3n) is 5.73. The molecule has 0 radical (unpaired) electrons. The first-order valence-electron chi connectivity index (χ1n) is 8.64. The van der Waals surface area contributed by atoms with Crippen LogP contribution in [0.2, 0.25) is 0 Å². The van der Waals surface area contributed by atoms with Crippen LogP contribution in [0.4, 0.5) is 0 Å². The molecule has 25 heavy (non-hydrogen) atoms. The number of ether oxygens (including phenoxy) is 1. The topological polar surface area (TPSA) is 81.4 Å². The lowest BCUT2D eigenvalue weighted by molar-refractivity contribution is 0.0773. The number of hydrogen-bond acceptors (Lipinski definition) is 6. The summed E-state index contributed by atoms with van der Waals surface area (Å²) in [4.78, 5) is 23.7. The van der Waals surface area contributed by atoms with Crippen molar-refractivity contribution in [2.75, 3.05) is 20.2 Å². The molecule has 1 saturated heterocycles. The molecule has 4 rings (SSSR count). The van der Waals surface area contributed by atoms with Crippen molar-refractivity contribution in [3.63, 3.8) is 0 Å². The molecule has 2 fully saturated rings. The van der Waals surface area contributed by atoms with Crippen molar-refractivity contribution in [3.05, 3.63) is 35.2 Å². The number of carbonyl (C=O) groups excluding carboxylic acids is 1. The Hall–Kier alpha value is -2.44. The van der Waals surface area contributed by atoms with E-state index in [1.165, 1.54) is 0 Å². The highest BCUT2D eigenvalue weighted by Gasteiger charge is 2.55. The van der Waals surface area contributed by atoms with Crippen LogP contribution >= 0.6 is 0 Å². The van der Waals surface area contributed by atoms with Gasteiger partial charge < -0.3 is 14.2 Å². The van der Waals surface area contributed by atoms with Gasteiger partial charge in [0, 0.05) is 24.8 Å². The Morgan fingerprint density at radius 1 is 1.40 bits per heavy atom. The van der Waals surface area contributed by atoms with Crippen LogP contribution in [0.3, 0.4) is 0 Å². The molecular formula is C18H22N4O3. The second kappa shape index (κ2) is 5.82. The van der Waals surface area contributed by atoms with Crippen LogP contribution in [-0.2, 0) is 5.41 Å². The van der Waals surface area contributed by atoms with Crippen molar-refractivity contribution in [2.45, 2.75) is 38.5 Å². The highest BCUT2D eigenvalue weighted by molar-refractivity contribution is 5.96. The molecule has 0 spiro atoms. The molecule has 7 nitrogen and oxygen atoms in total. The van der Waals surface area contributed by atoms with Gasteiger partial charge in [-0.05, 0) is 32.6 Å². The van der Waals surface area contributed by atoms with Crippen molar-refractivity contribution >= 4 is 5.91 Å². The monoisotopic (exact) mass is 342 g/mol. The minimum Gasteiger partial charge on any atom is -0.495 e. The smallest absolute Gasteiger partial charge is 0.255 e. The van der Waals surface area contributed by atoms with Gasteiger partial charge >= 0.3 is 0 Å². The molecule has 0 unspecified atom stereocenters. The van der Waals surface area contributed by atoms with Crippen molar-refractivity contribution < 1.29 is 14.1 Å². The number of hydrogen-bond donors (Lipinski definition) is 0. The minimum absolute atomic E-state index is 0.00564. The van der Waals surface area contributed by atoms with Crippen molar-refractivity contribution in [2.24, 2.45) is 5.92 Å². The molecule has 7 heteroatoms. The van der Waals surface area contributed by atoms with Gasteiger partial charge in [-0.2, -0.15) is 4.98 Å². The number of amides is 1. The van der Waals surface area contributed by atoms with Crippen molar-refractivity contribution in [3.8, 4) is 5.75 Å². The third-order valence-corrected chi connectivity index (χ3v) is 5.73. The fourth-order valence-electron chi connectivity index (χ4n) is 4.39. The zero-order chi connectivity index (χ0) is 17.6. The Morgan fingerprint density at radius 2 is 2.24 bits per heavy atom. The summed E-state index contributed by atoms with van der Waals surface area (Å²) in [5.74, 6) is 2.33. The average Bonchev–Trinajstić information content (AvgIpc) is 3.28. The van der Waals surface area contributed by atoms with Gasteiger partial charge in [0.1, 0.15) is 5.75 Å². The van der Waals surface area contributed by atoms with Crippen LogP contribution in [0.1, 0.15) is 46.9 Å². The van der Waals surface area contributed by atoms with Crippen LogP contribution < -0.4 is 4.74 Å². The van der Waals surface area contributed by atoms with Crippen LogP contribution in [0.15, 0.2) is 16.9 Å². The van der Waals surface area contributed by atoms with Gasteiger partial charge in [-0.1, -0.05) is 11.6 Å². The first-order valence-corrected chi connectivity index (χ1v) is 8.64. The van der Waals surface area contributed by atoms with E-state index >= 15 is 0 Å². The van der Waals surface area contributed by atoms with Gasteiger partial charge in [-0.25, -0.2) is 0 Å². The maximum Gasteiger partial charge on any atom is 0.255 e. The first kappa shape index (κ1) is 16.1. The maximum absolute atomic E-state index is 13.1. The Bertz CT molecular complexity index is 818. The lowest BCUT2D eigenvalue weighted by Crippen LogP contribution is -2.35. The fraction of sp³-hybridized carbons (Fsp3) is 0.556. The van der Waals surface area contributed by atoms with Crippen LogP contribution in [-0.4, -0.2) is 46.1 Å². The summed E-state index contributed by atoms with van der Waals surface area (Å²) in [5.41, 5.74) is 1.22. The number of aromatic nitrogens is 3. The van der Waals surface area contributed by atoms with Crippen molar-refractivity contribution in [1.29, 1.82) is 0 Å². The number of nitrogens with zero attached hydrogens (tertiary/aromatic N) is 4. The maximum atomic E-state index is 13.1. The average molecular weight is 342 g/mol. The molecule has 2 aromatic rings. The highest BCUT2D eigenvalue weighted by atomic mass is 16.5. The molecule has 2 aliphatic rings. The van der Waals surface area contributed by atoms with Crippen molar-refractivity contribution in [1.82, 2.24) is 20.0 Å². The molecule has 0 bridgehead atoms. The van der Waals surface area contributed by atoms with Crippen LogP contribution in [0.5, 0.6) is 5.75 Å². The predicted octanol–water partition coefficient (Wildman–Crippen LogP) is 2.28. The van der Waals surface area contributed by atoms with E-state index in [-0.39, 0.29) is 11.3 Å². The quantitative estimate of drug-likeness (QED) is 0.851. The van der Waals surface area contributed by atoms with Gasteiger partial charge in [-0.15, -0.1) is 0 Å². The molecule has 3 heterocycles. The van der Waals surface area contributed by atoms with E-state index in [1.54, 1.807) is 19.5 Å². The highest BCUT2D eigenvalue weighted by Crippen LogP contribution is 2.50. The second-order valence-electron chi connectivity index (χ2n) is 7.09. The lowest BCUT2D eigenvalue weighted by atomic mass is 9.80. The lowest BCUT2D eigenvalue weighted by Gasteiger charge is -2.24. The number of pyridine rings is 1. The Morgan fingerprint density at radius 3 is 2.96 bits per heavy atom. The second-order valence-corrected chi connectivity index (χ2v) is 7.09. The first-order chi connectivity index (χ1) is 12.0. The van der Waals surface area contributed by atoms with Crippen LogP contribution in [0, 0.1) is 19.8 Å². The summed E-state index contributed by atoms with van der Waals surface area (Å²) in [6.07, 6.45) is 6.46. The number of carbonyl (C=O) groups is 1. The van der Waals surface area contributed by atoms with Gasteiger partial charge in [-0.3, -0.25) is 9.78 Å². The molecule has 1 saturated carbocycles. The number of methoxy groups -OCH3 is 1. The zero-order valence-corrected chi connectivity index (χ0v) is 14.8. The SMILES string of the molecule is COc1cncc(C(=O)N2C[C@@H]3CCC[C@]3(c3nc(C)no3)C2)c1C. The van der Waals surface area contributed by atoms with E-state index in [9.17, 15) is 4.79 Å². The van der Waals surface area contributed by atoms with Gasteiger partial charge in [0.2, 0.25) is 5.89 Å². The predicted molar refractivity (Wildman–Crippen MR) is 89.5 cm³/mol. The van der Waals surface area contributed by atoms with E-state index < -0.39 is 0 Å². The molecular weight excluding hydrogens is 320 g/mol. The zero-order valence-electron chi connectivity index (χ0n) is 14.8. The summed E-state index contributed by atoms with van der Waals surface area (Å²) in [7, 11) is 1.59. The van der Waals surface area contributed by atoms with Crippen LogP contribution in [0.25, 0.3) is 0 Å². The Labute approximate surface area is 146 Å². The van der Waals surface area contributed by atoms with E-state index in [4.69, 9.17) is 9.26 Å². The van der Waals surface area contributed by atoms with E-state index in [0.29, 0.717) is 35.5 Å².